The van der Waals surface area contributed by atoms with Crippen molar-refractivity contribution in [2.24, 2.45) is 0 Å². The molecule has 0 aromatic heterocycles. The van der Waals surface area contributed by atoms with E-state index in [4.69, 9.17) is 0 Å². The van der Waals surface area contributed by atoms with Gasteiger partial charge in [0.2, 0.25) is 0 Å². The van der Waals surface area contributed by atoms with Crippen LogP contribution in [0.3, 0.4) is 0 Å². The SMILES string of the molecule is O=[N+]([O-])c1cccc(OC(F)(F)C(F)(Cl)OC(F)(F)C(F)(F)C(F)(F)F)c1. The third-order valence-corrected chi connectivity index (χ3v) is 2.89. The van der Waals surface area contributed by atoms with Crippen molar-refractivity contribution in [3.05, 3.63) is 34.4 Å². The summed E-state index contributed by atoms with van der Waals surface area (Å²) in [7, 11) is 0. The Balaban J connectivity index is 3.14. The number of hydrogen-bond acceptors (Lipinski definition) is 4. The van der Waals surface area contributed by atoms with Crippen LogP contribution in [0.15, 0.2) is 24.3 Å². The van der Waals surface area contributed by atoms with Crippen LogP contribution >= 0.6 is 11.6 Å². The van der Waals surface area contributed by atoms with Gasteiger partial charge in [-0.05, 0) is 17.7 Å². The van der Waals surface area contributed by atoms with Crippen molar-refractivity contribution in [3.63, 3.8) is 0 Å². The zero-order valence-electron chi connectivity index (χ0n) is 12.0. The second-order valence-corrected chi connectivity index (χ2v) is 5.07. The van der Waals surface area contributed by atoms with E-state index in [-0.39, 0.29) is 6.07 Å². The van der Waals surface area contributed by atoms with Crippen molar-refractivity contribution in [1.29, 1.82) is 0 Å². The summed E-state index contributed by atoms with van der Waals surface area (Å²) in [4.78, 5) is 9.32. The zero-order valence-corrected chi connectivity index (χ0v) is 12.8. The maximum atomic E-state index is 13.6. The molecule has 0 saturated heterocycles. The summed E-state index contributed by atoms with van der Waals surface area (Å²) in [6, 6.07) is 2.19. The van der Waals surface area contributed by atoms with Crippen LogP contribution in [0.5, 0.6) is 5.75 Å². The van der Waals surface area contributed by atoms with Gasteiger partial charge in [0.1, 0.15) is 5.75 Å². The first-order valence-corrected chi connectivity index (χ1v) is 6.43. The van der Waals surface area contributed by atoms with E-state index in [2.05, 4.69) is 21.1 Å². The van der Waals surface area contributed by atoms with Gasteiger partial charge in [0, 0.05) is 6.07 Å². The first kappa shape index (κ1) is 23.0. The second kappa shape index (κ2) is 6.85. The normalized spacial score (nSPS) is 16.0. The summed E-state index contributed by atoms with van der Waals surface area (Å²) in [6.07, 6.45) is -19.7. The van der Waals surface area contributed by atoms with Crippen molar-refractivity contribution >= 4 is 17.3 Å². The van der Waals surface area contributed by atoms with Crippen LogP contribution in [-0.2, 0) is 4.74 Å². The van der Waals surface area contributed by atoms with E-state index in [1.807, 2.05) is 0 Å². The molecular formula is C11H4ClF10NO4. The average molecular weight is 440 g/mol. The lowest BCUT2D eigenvalue weighted by molar-refractivity contribution is -0.469. The van der Waals surface area contributed by atoms with Crippen molar-refractivity contribution in [3.8, 4) is 5.75 Å². The monoisotopic (exact) mass is 439 g/mol. The van der Waals surface area contributed by atoms with Crippen LogP contribution in [0.4, 0.5) is 49.6 Å². The molecule has 1 aromatic rings. The standard InChI is InChI=1S/C11H4ClF10NO4/c12-8(15,27-10(19,20)7(13,14)9(16,17)18)11(21,22)26-6-3-1-2-5(4-6)23(24)25/h1-4H. The van der Waals surface area contributed by atoms with E-state index in [0.29, 0.717) is 12.1 Å². The lowest BCUT2D eigenvalue weighted by atomic mass is 10.3. The minimum atomic E-state index is -7.10. The maximum absolute atomic E-state index is 13.6. The van der Waals surface area contributed by atoms with Crippen molar-refractivity contribution in [2.45, 2.75) is 29.6 Å². The summed E-state index contributed by atoms with van der Waals surface area (Å²) in [5.74, 6) is -8.38. The predicted molar refractivity (Wildman–Crippen MR) is 65.4 cm³/mol. The molecule has 0 heterocycles. The van der Waals surface area contributed by atoms with E-state index in [1.54, 1.807) is 0 Å². The number of alkyl halides is 11. The van der Waals surface area contributed by atoms with E-state index < -0.39 is 46.0 Å². The molecule has 0 N–H and O–H groups in total. The van der Waals surface area contributed by atoms with Crippen molar-refractivity contribution in [1.82, 2.24) is 0 Å². The Kier molecular flexibility index (Phi) is 5.84. The lowest BCUT2D eigenvalue weighted by Crippen LogP contribution is -2.59. The molecule has 154 valence electrons. The minimum absolute atomic E-state index is 0.226. The maximum Gasteiger partial charge on any atom is 0.476 e. The lowest BCUT2D eigenvalue weighted by Gasteiger charge is -2.33. The molecule has 0 spiro atoms. The van der Waals surface area contributed by atoms with Gasteiger partial charge in [-0.1, -0.05) is 6.07 Å². The molecule has 0 saturated carbocycles. The molecule has 0 amide bonds. The molecule has 1 unspecified atom stereocenters. The Bertz CT molecular complexity index is 709. The molecule has 1 atom stereocenters. The van der Waals surface area contributed by atoms with E-state index in [9.17, 15) is 54.0 Å². The summed E-state index contributed by atoms with van der Waals surface area (Å²) < 4.78 is 133. The van der Waals surface area contributed by atoms with Crippen LogP contribution in [0, 0.1) is 10.1 Å². The molecule has 0 bridgehead atoms. The second-order valence-electron chi connectivity index (χ2n) is 4.58. The van der Waals surface area contributed by atoms with Gasteiger partial charge in [-0.2, -0.15) is 43.9 Å². The quantitative estimate of drug-likeness (QED) is 0.252. The topological polar surface area (TPSA) is 61.6 Å². The van der Waals surface area contributed by atoms with Gasteiger partial charge in [0.15, 0.2) is 0 Å². The van der Waals surface area contributed by atoms with Gasteiger partial charge in [-0.25, -0.2) is 0 Å². The molecule has 0 fully saturated rings. The highest BCUT2D eigenvalue weighted by atomic mass is 35.5. The Morgan fingerprint density at radius 3 is 1.89 bits per heavy atom. The first-order valence-electron chi connectivity index (χ1n) is 6.06. The predicted octanol–water partition coefficient (Wildman–Crippen LogP) is 5.24. The number of nitrogens with zero attached hydrogens (tertiary/aromatic N) is 1. The third-order valence-electron chi connectivity index (χ3n) is 2.59. The molecule has 16 heteroatoms. The molecular weight excluding hydrogens is 436 g/mol. The Hall–Kier alpha value is -2.03. The Morgan fingerprint density at radius 1 is 0.926 bits per heavy atom. The highest BCUT2D eigenvalue weighted by Crippen LogP contribution is 2.51. The highest BCUT2D eigenvalue weighted by molar-refractivity contribution is 6.22. The molecule has 1 rings (SSSR count). The van der Waals surface area contributed by atoms with Gasteiger partial charge in [0.25, 0.3) is 5.69 Å². The van der Waals surface area contributed by atoms with Crippen LogP contribution in [0.1, 0.15) is 0 Å². The smallest absolute Gasteiger partial charge is 0.427 e. The fraction of sp³-hybridized carbons (Fsp3) is 0.455. The van der Waals surface area contributed by atoms with E-state index >= 15 is 0 Å². The third kappa shape index (κ3) is 4.63. The number of non-ortho nitro benzene ring substituents is 1. The molecule has 0 aliphatic heterocycles. The van der Waals surface area contributed by atoms with E-state index in [0.717, 1.165) is 6.07 Å². The molecule has 1 aromatic carbocycles. The molecule has 0 aliphatic carbocycles. The molecule has 0 radical (unpaired) electrons. The van der Waals surface area contributed by atoms with E-state index in [1.165, 1.54) is 0 Å². The molecule has 0 aliphatic rings. The molecule has 5 nitrogen and oxygen atoms in total. The van der Waals surface area contributed by atoms with Gasteiger partial charge in [0.05, 0.1) is 11.0 Å². The number of ether oxygens (including phenoxy) is 2. The van der Waals surface area contributed by atoms with Gasteiger partial charge in [-0.15, -0.1) is 0 Å². The summed E-state index contributed by atoms with van der Waals surface area (Å²) in [6.45, 7) is 0. The van der Waals surface area contributed by atoms with Gasteiger partial charge < -0.3 is 4.74 Å². The van der Waals surface area contributed by atoms with Gasteiger partial charge in [-0.3, -0.25) is 14.9 Å². The van der Waals surface area contributed by atoms with Crippen LogP contribution in [0.2, 0.25) is 0 Å². The first-order chi connectivity index (χ1) is 11.8. The number of halogens is 11. The Labute approximate surface area is 146 Å². The number of nitro groups is 1. The largest absolute Gasteiger partial charge is 0.476 e. The zero-order chi connectivity index (χ0) is 21.5. The van der Waals surface area contributed by atoms with Crippen molar-refractivity contribution in [2.75, 3.05) is 0 Å². The summed E-state index contributed by atoms with van der Waals surface area (Å²) in [5, 5.41) is 4.72. The number of nitro benzene ring substituents is 1. The number of hydrogen-bond donors (Lipinski definition) is 0. The van der Waals surface area contributed by atoms with Crippen LogP contribution < -0.4 is 4.74 Å². The minimum Gasteiger partial charge on any atom is -0.427 e. The van der Waals surface area contributed by atoms with Crippen LogP contribution in [-0.4, -0.2) is 34.6 Å². The number of rotatable bonds is 7. The molecule has 27 heavy (non-hydrogen) atoms. The average Bonchev–Trinajstić information content (AvgIpc) is 2.44. The van der Waals surface area contributed by atoms with Gasteiger partial charge >= 0.3 is 29.6 Å². The summed E-state index contributed by atoms with van der Waals surface area (Å²) in [5.41, 5.74) is -0.905. The fourth-order valence-electron chi connectivity index (χ4n) is 1.32. The fourth-order valence-corrected chi connectivity index (χ4v) is 1.45. The Morgan fingerprint density at radius 2 is 1.44 bits per heavy atom. The summed E-state index contributed by atoms with van der Waals surface area (Å²) >= 11 is 4.24. The number of benzene rings is 1. The van der Waals surface area contributed by atoms with Crippen molar-refractivity contribution < 1.29 is 58.3 Å². The highest BCUT2D eigenvalue weighted by Gasteiger charge is 2.78. The van der Waals surface area contributed by atoms with Crippen LogP contribution in [0.25, 0.3) is 0 Å².